The molecule has 1 unspecified atom stereocenters. The predicted octanol–water partition coefficient (Wildman–Crippen LogP) is 2.18. The Labute approximate surface area is 169 Å². The van der Waals surface area contributed by atoms with Crippen LogP contribution in [0.1, 0.15) is 43.7 Å². The maximum Gasteiger partial charge on any atom is 0.339 e. The first-order valence-corrected chi connectivity index (χ1v) is 10.3. The lowest BCUT2D eigenvalue weighted by Crippen LogP contribution is -2.38. The molecule has 4 rings (SSSR count). The Morgan fingerprint density at radius 3 is 2.83 bits per heavy atom. The van der Waals surface area contributed by atoms with Crippen molar-refractivity contribution < 1.29 is 18.7 Å². The summed E-state index contributed by atoms with van der Waals surface area (Å²) in [6, 6.07) is 5.39. The SMILES string of the molecule is CC(Oc1ccc2c3c(c(=O)oc2c1)CCC3)C(=O)NCCCN1CCCC1=O. The normalized spacial score (nSPS) is 16.9. The summed E-state index contributed by atoms with van der Waals surface area (Å²) in [7, 11) is 0. The molecule has 1 atom stereocenters. The number of carbonyl (C=O) groups is 2. The van der Waals surface area contributed by atoms with Crippen molar-refractivity contribution in [1.82, 2.24) is 10.2 Å². The highest BCUT2D eigenvalue weighted by atomic mass is 16.5. The van der Waals surface area contributed by atoms with Gasteiger partial charge in [-0.1, -0.05) is 0 Å². The second-order valence-corrected chi connectivity index (χ2v) is 7.75. The molecule has 7 nitrogen and oxygen atoms in total. The molecule has 29 heavy (non-hydrogen) atoms. The van der Waals surface area contributed by atoms with Gasteiger partial charge in [-0.3, -0.25) is 9.59 Å². The van der Waals surface area contributed by atoms with Crippen LogP contribution in [0.25, 0.3) is 11.0 Å². The van der Waals surface area contributed by atoms with Gasteiger partial charge in [0.05, 0.1) is 0 Å². The Kier molecular flexibility index (Phi) is 5.56. The number of nitrogens with zero attached hydrogens (tertiary/aromatic N) is 1. The van der Waals surface area contributed by atoms with Gasteiger partial charge in [-0.15, -0.1) is 0 Å². The number of rotatable bonds is 7. The molecular formula is C22H26N2O5. The van der Waals surface area contributed by atoms with Crippen molar-refractivity contribution in [2.45, 2.75) is 51.6 Å². The molecule has 0 spiro atoms. The van der Waals surface area contributed by atoms with Crippen LogP contribution in [0.2, 0.25) is 0 Å². The second-order valence-electron chi connectivity index (χ2n) is 7.75. The third-order valence-corrected chi connectivity index (χ3v) is 5.70. The molecule has 2 amide bonds. The maximum absolute atomic E-state index is 12.3. The van der Waals surface area contributed by atoms with E-state index in [9.17, 15) is 14.4 Å². The zero-order chi connectivity index (χ0) is 20.4. The van der Waals surface area contributed by atoms with Crippen molar-refractivity contribution in [3.63, 3.8) is 0 Å². The third-order valence-electron chi connectivity index (χ3n) is 5.70. The van der Waals surface area contributed by atoms with Gasteiger partial charge >= 0.3 is 5.63 Å². The van der Waals surface area contributed by atoms with E-state index < -0.39 is 6.10 Å². The molecule has 1 aliphatic heterocycles. The zero-order valence-corrected chi connectivity index (χ0v) is 16.7. The first-order valence-electron chi connectivity index (χ1n) is 10.3. The van der Waals surface area contributed by atoms with Crippen LogP contribution in [0.4, 0.5) is 0 Å². The number of nitrogens with one attached hydrogen (secondary N) is 1. The first kappa shape index (κ1) is 19.5. The highest BCUT2D eigenvalue weighted by Gasteiger charge is 2.21. The van der Waals surface area contributed by atoms with Crippen LogP contribution >= 0.6 is 0 Å². The fourth-order valence-corrected chi connectivity index (χ4v) is 4.16. The van der Waals surface area contributed by atoms with E-state index in [2.05, 4.69) is 5.32 Å². The van der Waals surface area contributed by atoms with Crippen LogP contribution in [0.15, 0.2) is 27.4 Å². The van der Waals surface area contributed by atoms with Crippen LogP contribution in [0.5, 0.6) is 5.75 Å². The Morgan fingerprint density at radius 2 is 2.03 bits per heavy atom. The van der Waals surface area contributed by atoms with Gasteiger partial charge < -0.3 is 19.4 Å². The lowest BCUT2D eigenvalue weighted by Gasteiger charge is -2.17. The van der Waals surface area contributed by atoms with Crippen LogP contribution in [-0.2, 0) is 22.4 Å². The van der Waals surface area contributed by atoms with Crippen molar-refractivity contribution in [2.75, 3.05) is 19.6 Å². The lowest BCUT2D eigenvalue weighted by atomic mass is 10.1. The molecule has 1 fully saturated rings. The summed E-state index contributed by atoms with van der Waals surface area (Å²) in [6.45, 7) is 3.66. The third kappa shape index (κ3) is 4.13. The highest BCUT2D eigenvalue weighted by Crippen LogP contribution is 2.29. The van der Waals surface area contributed by atoms with Gasteiger partial charge in [-0.2, -0.15) is 0 Å². The number of hydrogen-bond donors (Lipinski definition) is 1. The molecule has 1 saturated heterocycles. The van der Waals surface area contributed by atoms with E-state index in [-0.39, 0.29) is 17.4 Å². The van der Waals surface area contributed by atoms with Crippen LogP contribution in [-0.4, -0.2) is 42.5 Å². The van der Waals surface area contributed by atoms with Gasteiger partial charge in [0.25, 0.3) is 5.91 Å². The summed E-state index contributed by atoms with van der Waals surface area (Å²) in [5.41, 5.74) is 2.08. The zero-order valence-electron chi connectivity index (χ0n) is 16.7. The standard InChI is InChI=1S/C22H26N2O5/c1-14(21(26)23-10-4-12-24-11-3-7-20(24)25)28-15-8-9-17-16-5-2-6-18(16)22(27)29-19(17)13-15/h8-9,13-14H,2-7,10-12H2,1H3,(H,23,26). The molecule has 2 aliphatic rings. The van der Waals surface area contributed by atoms with E-state index in [4.69, 9.17) is 9.15 Å². The van der Waals surface area contributed by atoms with E-state index in [1.165, 1.54) is 0 Å². The number of ether oxygens (including phenoxy) is 1. The molecule has 1 aliphatic carbocycles. The summed E-state index contributed by atoms with van der Waals surface area (Å²) in [4.78, 5) is 37.8. The van der Waals surface area contributed by atoms with E-state index in [0.717, 1.165) is 55.2 Å². The van der Waals surface area contributed by atoms with Crippen LogP contribution in [0, 0.1) is 0 Å². The predicted molar refractivity (Wildman–Crippen MR) is 108 cm³/mol. The fraction of sp³-hybridized carbons (Fsp3) is 0.500. The average molecular weight is 398 g/mol. The number of benzene rings is 1. The molecule has 1 aromatic carbocycles. The molecule has 0 radical (unpaired) electrons. The molecule has 0 saturated carbocycles. The van der Waals surface area contributed by atoms with Crippen molar-refractivity contribution in [2.24, 2.45) is 0 Å². The van der Waals surface area contributed by atoms with Crippen molar-refractivity contribution in [1.29, 1.82) is 0 Å². The Hall–Kier alpha value is -2.83. The number of carbonyl (C=O) groups excluding carboxylic acids is 2. The Morgan fingerprint density at radius 1 is 1.21 bits per heavy atom. The smallest absolute Gasteiger partial charge is 0.339 e. The first-order chi connectivity index (χ1) is 14.0. The quantitative estimate of drug-likeness (QED) is 0.570. The molecule has 7 heteroatoms. The summed E-state index contributed by atoms with van der Waals surface area (Å²) < 4.78 is 11.2. The van der Waals surface area contributed by atoms with Gasteiger partial charge in [0.1, 0.15) is 11.3 Å². The molecule has 1 N–H and O–H groups in total. The fourth-order valence-electron chi connectivity index (χ4n) is 4.16. The van der Waals surface area contributed by atoms with Crippen molar-refractivity contribution >= 4 is 22.8 Å². The number of aryl methyl sites for hydroxylation is 1. The molecular weight excluding hydrogens is 372 g/mol. The van der Waals surface area contributed by atoms with Gasteiger partial charge in [-0.25, -0.2) is 4.79 Å². The summed E-state index contributed by atoms with van der Waals surface area (Å²) in [6.07, 6.45) is 4.23. The summed E-state index contributed by atoms with van der Waals surface area (Å²) >= 11 is 0. The summed E-state index contributed by atoms with van der Waals surface area (Å²) in [5.74, 6) is 0.471. The lowest BCUT2D eigenvalue weighted by molar-refractivity contribution is -0.127. The van der Waals surface area contributed by atoms with Crippen LogP contribution in [0.3, 0.4) is 0 Å². The van der Waals surface area contributed by atoms with Crippen molar-refractivity contribution in [3.8, 4) is 5.75 Å². The van der Waals surface area contributed by atoms with E-state index in [0.29, 0.717) is 30.8 Å². The minimum Gasteiger partial charge on any atom is -0.481 e. The van der Waals surface area contributed by atoms with Gasteiger partial charge in [0, 0.05) is 43.1 Å². The van der Waals surface area contributed by atoms with Gasteiger partial charge in [-0.05, 0) is 56.7 Å². The molecule has 0 bridgehead atoms. The Balaban J connectivity index is 1.33. The van der Waals surface area contributed by atoms with Gasteiger partial charge in [0.2, 0.25) is 5.91 Å². The number of fused-ring (bicyclic) bond motifs is 3. The largest absolute Gasteiger partial charge is 0.481 e. The van der Waals surface area contributed by atoms with E-state index >= 15 is 0 Å². The monoisotopic (exact) mass is 398 g/mol. The minimum atomic E-state index is -0.679. The summed E-state index contributed by atoms with van der Waals surface area (Å²) in [5, 5.41) is 3.79. The van der Waals surface area contributed by atoms with Crippen molar-refractivity contribution in [3.05, 3.63) is 39.7 Å². The average Bonchev–Trinajstić information content (AvgIpc) is 3.34. The number of amides is 2. The Bertz CT molecular complexity index is 997. The van der Waals surface area contributed by atoms with E-state index in [1.54, 1.807) is 13.0 Å². The molecule has 1 aromatic heterocycles. The number of likely N-dealkylation sites (tertiary alicyclic amines) is 1. The highest BCUT2D eigenvalue weighted by molar-refractivity contribution is 5.84. The second kappa shape index (κ2) is 8.27. The molecule has 154 valence electrons. The number of hydrogen-bond acceptors (Lipinski definition) is 5. The van der Waals surface area contributed by atoms with Gasteiger partial charge in [0.15, 0.2) is 6.10 Å². The van der Waals surface area contributed by atoms with E-state index in [1.807, 2.05) is 17.0 Å². The molecule has 2 aromatic rings. The van der Waals surface area contributed by atoms with Crippen LogP contribution < -0.4 is 15.7 Å². The minimum absolute atomic E-state index is 0.196. The topological polar surface area (TPSA) is 88.8 Å². The maximum atomic E-state index is 12.3. The molecule has 2 heterocycles.